The fraction of sp³-hybridized carbons (Fsp3) is 0.700. The summed E-state index contributed by atoms with van der Waals surface area (Å²) in [6.45, 7) is 5.54. The number of rotatable bonds is 0. The maximum Gasteiger partial charge on any atom is 0.163 e. The van der Waals surface area contributed by atoms with Gasteiger partial charge in [0, 0.05) is 0 Å². The van der Waals surface area contributed by atoms with Crippen molar-refractivity contribution >= 4 is 0 Å². The van der Waals surface area contributed by atoms with E-state index in [1.807, 2.05) is 26.0 Å². The van der Waals surface area contributed by atoms with Gasteiger partial charge in [-0.1, -0.05) is 13.8 Å². The van der Waals surface area contributed by atoms with Crippen molar-refractivity contribution in [2.45, 2.75) is 27.2 Å². The fourth-order valence-corrected chi connectivity index (χ4v) is 2.06. The number of nitriles is 3. The van der Waals surface area contributed by atoms with E-state index >= 15 is 0 Å². The molecular weight excluding hydrogens is 162 g/mol. The van der Waals surface area contributed by atoms with E-state index in [2.05, 4.69) is 6.07 Å². The predicted octanol–water partition coefficient (Wildman–Crippen LogP) is 1.98. The molecule has 0 aliphatic heterocycles. The molecule has 0 bridgehead atoms. The Labute approximate surface area is 78.2 Å². The minimum absolute atomic E-state index is 0.243. The molecule has 0 amide bonds. The summed E-state index contributed by atoms with van der Waals surface area (Å²) in [5, 5.41) is 26.9. The normalized spacial score (nSPS) is 33.2. The van der Waals surface area contributed by atoms with Gasteiger partial charge in [-0.15, -0.1) is 0 Å². The van der Waals surface area contributed by atoms with Gasteiger partial charge < -0.3 is 0 Å². The molecule has 0 N–H and O–H groups in total. The summed E-state index contributed by atoms with van der Waals surface area (Å²) in [6, 6.07) is 6.07. The topological polar surface area (TPSA) is 71.4 Å². The molecule has 0 radical (unpaired) electrons. The van der Waals surface area contributed by atoms with Crippen LogP contribution in [0.1, 0.15) is 27.2 Å². The number of nitrogens with zero attached hydrogens (tertiary/aromatic N) is 3. The second kappa shape index (κ2) is 2.24. The zero-order chi connectivity index (χ0) is 10.3. The van der Waals surface area contributed by atoms with Crippen molar-refractivity contribution in [1.29, 1.82) is 15.8 Å². The monoisotopic (exact) mass is 173 g/mol. The van der Waals surface area contributed by atoms with Gasteiger partial charge in [-0.25, -0.2) is 0 Å². The van der Waals surface area contributed by atoms with E-state index < -0.39 is 10.8 Å². The van der Waals surface area contributed by atoms with Crippen molar-refractivity contribution in [1.82, 2.24) is 0 Å². The Bertz CT molecular complexity index is 347. The van der Waals surface area contributed by atoms with Gasteiger partial charge in [0.15, 0.2) is 5.41 Å². The molecule has 0 aromatic carbocycles. The highest BCUT2D eigenvalue weighted by Gasteiger charge is 2.69. The molecule has 0 saturated heterocycles. The van der Waals surface area contributed by atoms with Crippen LogP contribution in [0.15, 0.2) is 0 Å². The van der Waals surface area contributed by atoms with Crippen LogP contribution in [-0.4, -0.2) is 0 Å². The van der Waals surface area contributed by atoms with Crippen LogP contribution >= 0.6 is 0 Å². The van der Waals surface area contributed by atoms with Gasteiger partial charge in [0.2, 0.25) is 0 Å². The first-order valence-electron chi connectivity index (χ1n) is 4.13. The van der Waals surface area contributed by atoms with E-state index in [9.17, 15) is 0 Å². The highest BCUT2D eigenvalue weighted by molar-refractivity contribution is 5.37. The zero-order valence-corrected chi connectivity index (χ0v) is 8.05. The second-order valence-corrected chi connectivity index (χ2v) is 4.43. The number of hydrogen-bond donors (Lipinski definition) is 0. The maximum atomic E-state index is 9.03. The Morgan fingerprint density at radius 2 is 1.38 bits per heavy atom. The smallest absolute Gasteiger partial charge is 0.163 e. The molecule has 1 unspecified atom stereocenters. The zero-order valence-electron chi connectivity index (χ0n) is 8.05. The molecule has 1 atom stereocenters. The molecule has 13 heavy (non-hydrogen) atoms. The molecule has 1 fully saturated rings. The fourth-order valence-electron chi connectivity index (χ4n) is 2.06. The summed E-state index contributed by atoms with van der Waals surface area (Å²) in [6.07, 6.45) is 0.483. The Morgan fingerprint density at radius 3 is 1.54 bits per heavy atom. The third kappa shape index (κ3) is 0.758. The summed E-state index contributed by atoms with van der Waals surface area (Å²) in [5.41, 5.74) is -2.19. The van der Waals surface area contributed by atoms with Gasteiger partial charge in [-0.2, -0.15) is 15.8 Å². The van der Waals surface area contributed by atoms with Crippen molar-refractivity contribution in [3.05, 3.63) is 0 Å². The van der Waals surface area contributed by atoms with E-state index in [1.165, 1.54) is 0 Å². The van der Waals surface area contributed by atoms with E-state index in [0.29, 0.717) is 6.42 Å². The highest BCUT2D eigenvalue weighted by atomic mass is 14.7. The van der Waals surface area contributed by atoms with Gasteiger partial charge in [0.05, 0.1) is 23.6 Å². The van der Waals surface area contributed by atoms with Crippen molar-refractivity contribution in [2.75, 3.05) is 0 Å². The standard InChI is InChI=1S/C10H11N3/c1-8(2)4-10(6-12,7-13)9(8,3)5-11/h4H2,1-3H3. The minimum atomic E-state index is -1.11. The molecule has 0 aromatic heterocycles. The lowest BCUT2D eigenvalue weighted by atomic mass is 9.39. The largest absolute Gasteiger partial charge is 0.198 e. The first-order chi connectivity index (χ1) is 5.89. The lowest BCUT2D eigenvalue weighted by Gasteiger charge is -2.57. The summed E-state index contributed by atoms with van der Waals surface area (Å²) in [4.78, 5) is 0. The van der Waals surface area contributed by atoms with E-state index in [0.717, 1.165) is 0 Å². The molecule has 66 valence electrons. The van der Waals surface area contributed by atoms with Crippen LogP contribution in [0.2, 0.25) is 0 Å². The SMILES string of the molecule is CC1(C)CC(C#N)(C#N)C1(C)C#N. The van der Waals surface area contributed by atoms with Crippen molar-refractivity contribution < 1.29 is 0 Å². The molecule has 1 rings (SSSR count). The lowest BCUT2D eigenvalue weighted by Crippen LogP contribution is -2.59. The predicted molar refractivity (Wildman–Crippen MR) is 45.8 cm³/mol. The molecule has 3 nitrogen and oxygen atoms in total. The van der Waals surface area contributed by atoms with Gasteiger partial charge >= 0.3 is 0 Å². The molecule has 0 heterocycles. The summed E-state index contributed by atoms with van der Waals surface area (Å²) < 4.78 is 0. The average molecular weight is 173 g/mol. The highest BCUT2D eigenvalue weighted by Crippen LogP contribution is 2.66. The Kier molecular flexibility index (Phi) is 1.65. The van der Waals surface area contributed by atoms with Gasteiger partial charge in [0.25, 0.3) is 0 Å². The van der Waals surface area contributed by atoms with Crippen LogP contribution in [0.5, 0.6) is 0 Å². The molecule has 1 saturated carbocycles. The third-order valence-electron chi connectivity index (χ3n) is 3.52. The van der Waals surface area contributed by atoms with Crippen molar-refractivity contribution in [3.8, 4) is 18.2 Å². The molecular formula is C10H11N3. The van der Waals surface area contributed by atoms with E-state index in [4.69, 9.17) is 15.8 Å². The van der Waals surface area contributed by atoms with Gasteiger partial charge in [-0.05, 0) is 18.8 Å². The Morgan fingerprint density at radius 1 is 0.923 bits per heavy atom. The van der Waals surface area contributed by atoms with Crippen LogP contribution in [0.4, 0.5) is 0 Å². The number of hydrogen-bond acceptors (Lipinski definition) is 3. The first kappa shape index (κ1) is 9.56. The maximum absolute atomic E-state index is 9.03. The van der Waals surface area contributed by atoms with Crippen LogP contribution in [0, 0.1) is 50.2 Å². The van der Waals surface area contributed by atoms with Gasteiger partial charge in [0.1, 0.15) is 0 Å². The van der Waals surface area contributed by atoms with Crippen LogP contribution in [0.3, 0.4) is 0 Å². The summed E-state index contributed by atoms with van der Waals surface area (Å²) in [5.74, 6) is 0. The Balaban J connectivity index is 3.24. The Hall–Kier alpha value is -1.53. The van der Waals surface area contributed by atoms with E-state index in [1.54, 1.807) is 6.92 Å². The van der Waals surface area contributed by atoms with Crippen molar-refractivity contribution in [2.24, 2.45) is 16.2 Å². The molecule has 1 aliphatic rings. The molecule has 0 aromatic rings. The van der Waals surface area contributed by atoms with Crippen LogP contribution in [-0.2, 0) is 0 Å². The van der Waals surface area contributed by atoms with Crippen LogP contribution < -0.4 is 0 Å². The van der Waals surface area contributed by atoms with E-state index in [-0.39, 0.29) is 5.41 Å². The third-order valence-corrected chi connectivity index (χ3v) is 3.52. The van der Waals surface area contributed by atoms with Crippen LogP contribution in [0.25, 0.3) is 0 Å². The summed E-state index contributed by atoms with van der Waals surface area (Å²) in [7, 11) is 0. The minimum Gasteiger partial charge on any atom is -0.198 e. The lowest BCUT2D eigenvalue weighted by molar-refractivity contribution is -0.0762. The first-order valence-corrected chi connectivity index (χ1v) is 4.13. The molecule has 3 heteroatoms. The molecule has 1 aliphatic carbocycles. The van der Waals surface area contributed by atoms with Crippen molar-refractivity contribution in [3.63, 3.8) is 0 Å². The quantitative estimate of drug-likeness (QED) is 0.562. The van der Waals surface area contributed by atoms with Gasteiger partial charge in [-0.3, -0.25) is 0 Å². The summed E-state index contributed by atoms with van der Waals surface area (Å²) >= 11 is 0. The molecule has 0 spiro atoms. The second-order valence-electron chi connectivity index (χ2n) is 4.43. The average Bonchev–Trinajstić information content (AvgIpc) is 2.12.